The van der Waals surface area contributed by atoms with Crippen LogP contribution in [0.1, 0.15) is 28.1 Å². The second kappa shape index (κ2) is 8.03. The molecule has 0 aliphatic rings. The van der Waals surface area contributed by atoms with Crippen molar-refractivity contribution < 1.29 is 0 Å². The fourth-order valence-corrected chi connectivity index (χ4v) is 4.23. The van der Waals surface area contributed by atoms with E-state index in [1.165, 1.54) is 11.1 Å². The number of H-pyrrole nitrogens is 1. The van der Waals surface area contributed by atoms with Crippen LogP contribution >= 0.6 is 11.6 Å². The highest BCUT2D eigenvalue weighted by Crippen LogP contribution is 2.28. The number of aromatic amines is 1. The molecular formula is C27H21ClN4. The fourth-order valence-electron chi connectivity index (χ4n) is 4.04. The summed E-state index contributed by atoms with van der Waals surface area (Å²) in [5.74, 6) is 0.579. The number of imidazole rings is 1. The lowest BCUT2D eigenvalue weighted by Gasteiger charge is -2.07. The van der Waals surface area contributed by atoms with E-state index in [2.05, 4.69) is 64.9 Å². The number of aryl methyl sites for hydroxylation is 2. The highest BCUT2D eigenvalue weighted by molar-refractivity contribution is 6.31. The van der Waals surface area contributed by atoms with Crippen molar-refractivity contribution in [3.63, 3.8) is 0 Å². The summed E-state index contributed by atoms with van der Waals surface area (Å²) in [6, 6.07) is 22.5. The average Bonchev–Trinajstić information content (AvgIpc) is 3.35. The third-order valence-electron chi connectivity index (χ3n) is 5.89. The summed E-state index contributed by atoms with van der Waals surface area (Å²) in [5, 5.41) is 11.7. The molecule has 0 spiro atoms. The Hall–Kier alpha value is -3.81. The van der Waals surface area contributed by atoms with E-state index in [0.717, 1.165) is 38.1 Å². The van der Waals surface area contributed by atoms with Crippen LogP contribution in [-0.2, 0) is 6.54 Å². The van der Waals surface area contributed by atoms with Crippen LogP contribution in [-0.4, -0.2) is 14.5 Å². The standard InChI is InChI=1S/C27H21ClN4/c1-17-11-24-25(12-18(17)2)31-27(30-24)20(14-29)13-21-16-32(26-10-6-4-8-22(21)26)15-19-7-3-5-9-23(19)28/h3-13,16H,15H2,1-2H3,(H,30,31)/b20-13+. The summed E-state index contributed by atoms with van der Waals surface area (Å²) < 4.78 is 2.17. The molecular weight excluding hydrogens is 416 g/mol. The third-order valence-corrected chi connectivity index (χ3v) is 6.26. The second-order valence-corrected chi connectivity index (χ2v) is 8.44. The van der Waals surface area contributed by atoms with Gasteiger partial charge in [0.25, 0.3) is 0 Å². The van der Waals surface area contributed by atoms with Crippen LogP contribution in [0.5, 0.6) is 0 Å². The zero-order chi connectivity index (χ0) is 22.2. The first-order valence-electron chi connectivity index (χ1n) is 10.4. The summed E-state index contributed by atoms with van der Waals surface area (Å²) in [6.07, 6.45) is 3.98. The number of fused-ring (bicyclic) bond motifs is 2. The number of nitrogens with one attached hydrogen (secondary N) is 1. The van der Waals surface area contributed by atoms with Crippen LogP contribution in [0.2, 0.25) is 5.02 Å². The molecule has 5 rings (SSSR count). The van der Waals surface area contributed by atoms with Crippen LogP contribution < -0.4 is 0 Å². The molecule has 5 aromatic rings. The van der Waals surface area contributed by atoms with Gasteiger partial charge in [0, 0.05) is 34.2 Å². The maximum atomic E-state index is 9.92. The number of hydrogen-bond donors (Lipinski definition) is 1. The number of halogens is 1. The monoisotopic (exact) mass is 436 g/mol. The molecule has 0 atom stereocenters. The summed E-state index contributed by atoms with van der Waals surface area (Å²) in [6.45, 7) is 4.79. The van der Waals surface area contributed by atoms with Crippen molar-refractivity contribution in [1.29, 1.82) is 5.26 Å². The van der Waals surface area contributed by atoms with Crippen molar-refractivity contribution in [2.75, 3.05) is 0 Å². The molecule has 0 unspecified atom stereocenters. The molecule has 0 saturated carbocycles. The van der Waals surface area contributed by atoms with Gasteiger partial charge in [0.2, 0.25) is 0 Å². The molecule has 0 saturated heterocycles. The first-order chi connectivity index (χ1) is 15.5. The number of nitrogens with zero attached hydrogens (tertiary/aromatic N) is 3. The largest absolute Gasteiger partial charge is 0.342 e. The summed E-state index contributed by atoms with van der Waals surface area (Å²) >= 11 is 6.40. The number of aromatic nitrogens is 3. The molecule has 2 heterocycles. The smallest absolute Gasteiger partial charge is 0.149 e. The van der Waals surface area contributed by atoms with Crippen molar-refractivity contribution in [1.82, 2.24) is 14.5 Å². The zero-order valence-electron chi connectivity index (χ0n) is 17.9. The van der Waals surface area contributed by atoms with E-state index in [9.17, 15) is 5.26 Å². The summed E-state index contributed by atoms with van der Waals surface area (Å²) in [7, 11) is 0. The Labute approximate surface area is 191 Å². The van der Waals surface area contributed by atoms with E-state index in [-0.39, 0.29) is 0 Å². The van der Waals surface area contributed by atoms with Crippen molar-refractivity contribution in [2.45, 2.75) is 20.4 Å². The second-order valence-electron chi connectivity index (χ2n) is 8.03. The number of nitriles is 1. The van der Waals surface area contributed by atoms with E-state index >= 15 is 0 Å². The van der Waals surface area contributed by atoms with Gasteiger partial charge in [0.15, 0.2) is 0 Å². The van der Waals surface area contributed by atoms with Gasteiger partial charge < -0.3 is 9.55 Å². The van der Waals surface area contributed by atoms with Gasteiger partial charge in [-0.3, -0.25) is 0 Å². The van der Waals surface area contributed by atoms with Crippen molar-refractivity contribution in [2.24, 2.45) is 0 Å². The molecule has 2 aromatic heterocycles. The molecule has 1 N–H and O–H groups in total. The van der Waals surface area contributed by atoms with E-state index in [1.807, 2.05) is 42.5 Å². The minimum atomic E-state index is 0.497. The number of para-hydroxylation sites is 1. The van der Waals surface area contributed by atoms with E-state index in [0.29, 0.717) is 17.9 Å². The lowest BCUT2D eigenvalue weighted by Crippen LogP contribution is -1.98. The highest BCUT2D eigenvalue weighted by Gasteiger charge is 2.13. The quantitative estimate of drug-likeness (QED) is 0.311. The SMILES string of the molecule is Cc1cc2nc(/C(C#N)=C/c3cn(Cc4ccccc4Cl)c4ccccc34)[nH]c2cc1C. The first kappa shape index (κ1) is 20.1. The van der Waals surface area contributed by atoms with Crippen LogP contribution in [0.15, 0.2) is 66.9 Å². The normalized spacial score (nSPS) is 11.9. The average molecular weight is 437 g/mol. The van der Waals surface area contributed by atoms with E-state index < -0.39 is 0 Å². The molecule has 0 bridgehead atoms. The topological polar surface area (TPSA) is 57.4 Å². The van der Waals surface area contributed by atoms with Crippen molar-refractivity contribution in [3.8, 4) is 6.07 Å². The molecule has 0 amide bonds. The van der Waals surface area contributed by atoms with Crippen LogP contribution in [0.3, 0.4) is 0 Å². The lowest BCUT2D eigenvalue weighted by molar-refractivity contribution is 0.836. The molecule has 0 aliphatic carbocycles. The van der Waals surface area contributed by atoms with Crippen LogP contribution in [0, 0.1) is 25.2 Å². The Kier molecular flexibility index (Phi) is 5.05. The molecule has 4 nitrogen and oxygen atoms in total. The van der Waals surface area contributed by atoms with Gasteiger partial charge in [0.05, 0.1) is 16.6 Å². The molecule has 156 valence electrons. The number of benzene rings is 3. The molecule has 0 fully saturated rings. The van der Waals surface area contributed by atoms with Gasteiger partial charge >= 0.3 is 0 Å². The maximum Gasteiger partial charge on any atom is 0.149 e. The highest BCUT2D eigenvalue weighted by atomic mass is 35.5. The molecule has 5 heteroatoms. The van der Waals surface area contributed by atoms with Gasteiger partial charge in [-0.2, -0.15) is 5.26 Å². The lowest BCUT2D eigenvalue weighted by atomic mass is 10.1. The molecule has 3 aromatic carbocycles. The van der Waals surface area contributed by atoms with Gasteiger partial charge in [-0.1, -0.05) is 48.0 Å². The fraction of sp³-hybridized carbons (Fsp3) is 0.111. The summed E-state index contributed by atoms with van der Waals surface area (Å²) in [4.78, 5) is 7.99. The Morgan fingerprint density at radius 1 is 1.09 bits per heavy atom. The number of allylic oxidation sites excluding steroid dienone is 1. The molecule has 32 heavy (non-hydrogen) atoms. The summed E-state index contributed by atoms with van der Waals surface area (Å²) in [5.41, 5.74) is 7.78. The van der Waals surface area contributed by atoms with Crippen molar-refractivity contribution in [3.05, 3.63) is 100.0 Å². The maximum absolute atomic E-state index is 9.92. The number of rotatable bonds is 4. The van der Waals surface area contributed by atoms with Gasteiger partial charge in [-0.15, -0.1) is 0 Å². The predicted molar refractivity (Wildman–Crippen MR) is 132 cm³/mol. The minimum Gasteiger partial charge on any atom is -0.342 e. The Morgan fingerprint density at radius 3 is 2.66 bits per heavy atom. The van der Waals surface area contributed by atoms with Gasteiger partial charge in [0.1, 0.15) is 11.9 Å². The molecule has 0 radical (unpaired) electrons. The Morgan fingerprint density at radius 2 is 1.84 bits per heavy atom. The first-order valence-corrected chi connectivity index (χ1v) is 10.8. The van der Waals surface area contributed by atoms with E-state index in [4.69, 9.17) is 11.6 Å². The van der Waals surface area contributed by atoms with Gasteiger partial charge in [-0.05, 0) is 60.9 Å². The zero-order valence-corrected chi connectivity index (χ0v) is 18.6. The Bertz CT molecular complexity index is 1510. The molecule has 0 aliphatic heterocycles. The number of hydrogen-bond acceptors (Lipinski definition) is 2. The minimum absolute atomic E-state index is 0.497. The van der Waals surface area contributed by atoms with Crippen molar-refractivity contribution >= 4 is 45.2 Å². The Balaban J connectivity index is 1.61. The van der Waals surface area contributed by atoms with Crippen LogP contribution in [0.25, 0.3) is 33.6 Å². The third kappa shape index (κ3) is 3.57. The predicted octanol–water partition coefficient (Wildman–Crippen LogP) is 6.90. The van der Waals surface area contributed by atoms with E-state index in [1.54, 1.807) is 0 Å². The van der Waals surface area contributed by atoms with Crippen LogP contribution in [0.4, 0.5) is 0 Å². The van der Waals surface area contributed by atoms with Gasteiger partial charge in [-0.25, -0.2) is 4.98 Å².